The summed E-state index contributed by atoms with van der Waals surface area (Å²) in [5.74, 6) is 0. The Kier molecular flexibility index (Phi) is 4.79. The topological polar surface area (TPSA) is 54.2 Å². The molecule has 0 aliphatic carbocycles. The van der Waals surface area contributed by atoms with E-state index in [1.54, 1.807) is 6.20 Å². The number of nitrogen functional groups attached to an aromatic ring is 1. The fourth-order valence-electron chi connectivity index (χ4n) is 2.52. The average Bonchev–Trinajstić information content (AvgIpc) is 2.48. The van der Waals surface area contributed by atoms with Crippen LogP contribution in [0.2, 0.25) is 0 Å². The Morgan fingerprint density at radius 3 is 2.65 bits per heavy atom. The van der Waals surface area contributed by atoms with E-state index >= 15 is 0 Å². The van der Waals surface area contributed by atoms with Crippen LogP contribution in [0.15, 0.2) is 30.6 Å². The minimum Gasteiger partial charge on any atom is -0.398 e. The monoisotopic (exact) mass is 272 g/mol. The third-order valence-electron chi connectivity index (χ3n) is 3.68. The zero-order chi connectivity index (χ0) is 14.5. The largest absolute Gasteiger partial charge is 0.398 e. The van der Waals surface area contributed by atoms with Crippen LogP contribution in [0.4, 0.5) is 11.4 Å². The van der Waals surface area contributed by atoms with Crippen LogP contribution in [-0.4, -0.2) is 35.6 Å². The molecule has 0 saturated heterocycles. The fraction of sp³-hybridized carbons (Fsp3) is 0.438. The van der Waals surface area contributed by atoms with Gasteiger partial charge in [0.25, 0.3) is 0 Å². The smallest absolute Gasteiger partial charge is 0.0439 e. The van der Waals surface area contributed by atoms with E-state index in [2.05, 4.69) is 36.0 Å². The predicted molar refractivity (Wildman–Crippen MR) is 87.0 cm³/mol. The molecule has 0 aliphatic rings. The van der Waals surface area contributed by atoms with Crippen LogP contribution in [-0.2, 0) is 0 Å². The van der Waals surface area contributed by atoms with Gasteiger partial charge in [-0.3, -0.25) is 4.98 Å². The van der Waals surface area contributed by atoms with Gasteiger partial charge in [0.2, 0.25) is 0 Å². The van der Waals surface area contributed by atoms with Crippen molar-refractivity contribution in [3.8, 4) is 0 Å². The van der Waals surface area contributed by atoms with Gasteiger partial charge >= 0.3 is 0 Å². The molecule has 2 rings (SSSR count). The average molecular weight is 272 g/mol. The number of nitrogens with zero attached hydrogens (tertiary/aromatic N) is 2. The highest BCUT2D eigenvalue weighted by atomic mass is 15.1. The van der Waals surface area contributed by atoms with Crippen molar-refractivity contribution in [2.75, 3.05) is 30.7 Å². The van der Waals surface area contributed by atoms with Crippen LogP contribution in [0.3, 0.4) is 0 Å². The van der Waals surface area contributed by atoms with Crippen LogP contribution < -0.4 is 11.1 Å². The maximum atomic E-state index is 6.02. The van der Waals surface area contributed by atoms with E-state index in [0.717, 1.165) is 41.8 Å². The summed E-state index contributed by atoms with van der Waals surface area (Å²) in [6.07, 6.45) is 3.65. The molecule has 20 heavy (non-hydrogen) atoms. The van der Waals surface area contributed by atoms with E-state index in [1.165, 1.54) is 0 Å². The molecule has 1 aromatic heterocycles. The maximum absolute atomic E-state index is 6.02. The summed E-state index contributed by atoms with van der Waals surface area (Å²) in [5, 5.41) is 5.71. The molecule has 0 bridgehead atoms. The molecule has 0 radical (unpaired) electrons. The number of benzene rings is 1. The molecule has 0 amide bonds. The third-order valence-corrected chi connectivity index (χ3v) is 3.68. The molecule has 0 saturated carbocycles. The molecule has 0 fully saturated rings. The van der Waals surface area contributed by atoms with Gasteiger partial charge in [-0.05, 0) is 38.2 Å². The van der Waals surface area contributed by atoms with Crippen molar-refractivity contribution in [2.24, 2.45) is 0 Å². The summed E-state index contributed by atoms with van der Waals surface area (Å²) in [6, 6.07) is 6.33. The normalized spacial score (nSPS) is 12.8. The zero-order valence-corrected chi connectivity index (χ0v) is 12.6. The molecule has 4 nitrogen and oxygen atoms in total. The SMILES string of the molecule is CCN(CC)CC(C)Nc1ccc(N)c2ccncc12. The molecule has 108 valence electrons. The fourth-order valence-corrected chi connectivity index (χ4v) is 2.52. The minimum absolute atomic E-state index is 0.377. The molecule has 2 aromatic rings. The lowest BCUT2D eigenvalue weighted by Gasteiger charge is -2.24. The van der Waals surface area contributed by atoms with Crippen LogP contribution in [0.25, 0.3) is 10.8 Å². The molecule has 1 heterocycles. The number of nitrogens with two attached hydrogens (primary N) is 1. The highest BCUT2D eigenvalue weighted by molar-refractivity contribution is 6.00. The van der Waals surface area contributed by atoms with Gasteiger partial charge in [0.1, 0.15) is 0 Å². The molecule has 1 atom stereocenters. The third kappa shape index (κ3) is 3.20. The lowest BCUT2D eigenvalue weighted by molar-refractivity contribution is 0.295. The summed E-state index contributed by atoms with van der Waals surface area (Å²) in [5.41, 5.74) is 7.91. The Morgan fingerprint density at radius 1 is 1.20 bits per heavy atom. The summed E-state index contributed by atoms with van der Waals surface area (Å²) in [4.78, 5) is 6.62. The Morgan fingerprint density at radius 2 is 1.95 bits per heavy atom. The Bertz CT molecular complexity index is 563. The van der Waals surface area contributed by atoms with Crippen molar-refractivity contribution in [1.82, 2.24) is 9.88 Å². The van der Waals surface area contributed by atoms with Crippen molar-refractivity contribution >= 4 is 22.1 Å². The number of fused-ring (bicyclic) bond motifs is 1. The summed E-state index contributed by atoms with van der Waals surface area (Å²) >= 11 is 0. The van der Waals surface area contributed by atoms with E-state index in [9.17, 15) is 0 Å². The molecular weight excluding hydrogens is 248 g/mol. The van der Waals surface area contributed by atoms with E-state index in [0.29, 0.717) is 6.04 Å². The number of aromatic nitrogens is 1. The standard InChI is InChI=1S/C16H24N4/c1-4-20(5-2)11-12(3)19-16-7-6-15(17)13-8-9-18-10-14(13)16/h6-10,12,19H,4-5,11,17H2,1-3H3. The second kappa shape index (κ2) is 6.57. The van der Waals surface area contributed by atoms with Gasteiger partial charge < -0.3 is 16.0 Å². The van der Waals surface area contributed by atoms with Crippen LogP contribution >= 0.6 is 0 Å². The van der Waals surface area contributed by atoms with Gasteiger partial charge in [0.15, 0.2) is 0 Å². The van der Waals surface area contributed by atoms with E-state index in [-0.39, 0.29) is 0 Å². The highest BCUT2D eigenvalue weighted by Gasteiger charge is 2.10. The first-order valence-corrected chi connectivity index (χ1v) is 7.26. The van der Waals surface area contributed by atoms with Gasteiger partial charge in [0, 0.05) is 47.1 Å². The summed E-state index contributed by atoms with van der Waals surface area (Å²) in [7, 11) is 0. The highest BCUT2D eigenvalue weighted by Crippen LogP contribution is 2.27. The second-order valence-electron chi connectivity index (χ2n) is 5.15. The molecule has 0 aliphatic heterocycles. The van der Waals surface area contributed by atoms with Gasteiger partial charge in [-0.25, -0.2) is 0 Å². The molecule has 3 N–H and O–H groups in total. The number of hydrogen-bond donors (Lipinski definition) is 2. The molecule has 4 heteroatoms. The van der Waals surface area contributed by atoms with Crippen molar-refractivity contribution in [1.29, 1.82) is 0 Å². The van der Waals surface area contributed by atoms with Crippen LogP contribution in [0.5, 0.6) is 0 Å². The summed E-state index contributed by atoms with van der Waals surface area (Å²) in [6.45, 7) is 9.77. The second-order valence-corrected chi connectivity index (χ2v) is 5.15. The van der Waals surface area contributed by atoms with Crippen molar-refractivity contribution in [3.63, 3.8) is 0 Å². The molecular formula is C16H24N4. The number of rotatable bonds is 6. The molecule has 1 unspecified atom stereocenters. The number of likely N-dealkylation sites (N-methyl/N-ethyl adjacent to an activating group) is 1. The maximum Gasteiger partial charge on any atom is 0.0439 e. The lowest BCUT2D eigenvalue weighted by Crippen LogP contribution is -2.34. The zero-order valence-electron chi connectivity index (χ0n) is 12.6. The Labute approximate surface area is 121 Å². The van der Waals surface area contributed by atoms with Gasteiger partial charge in [-0.15, -0.1) is 0 Å². The quantitative estimate of drug-likeness (QED) is 0.794. The first-order chi connectivity index (χ1) is 9.65. The van der Waals surface area contributed by atoms with Gasteiger partial charge in [-0.1, -0.05) is 13.8 Å². The number of pyridine rings is 1. The van der Waals surface area contributed by atoms with Crippen molar-refractivity contribution in [3.05, 3.63) is 30.6 Å². The summed E-state index contributed by atoms with van der Waals surface area (Å²) < 4.78 is 0. The van der Waals surface area contributed by atoms with E-state index in [1.807, 2.05) is 24.4 Å². The lowest BCUT2D eigenvalue weighted by atomic mass is 10.1. The van der Waals surface area contributed by atoms with Gasteiger partial charge in [-0.2, -0.15) is 0 Å². The first kappa shape index (κ1) is 14.6. The first-order valence-electron chi connectivity index (χ1n) is 7.26. The minimum atomic E-state index is 0.377. The van der Waals surface area contributed by atoms with Crippen molar-refractivity contribution < 1.29 is 0 Å². The Balaban J connectivity index is 2.19. The number of nitrogens with one attached hydrogen (secondary N) is 1. The van der Waals surface area contributed by atoms with Gasteiger partial charge in [0.05, 0.1) is 0 Å². The van der Waals surface area contributed by atoms with E-state index < -0.39 is 0 Å². The number of hydrogen-bond acceptors (Lipinski definition) is 4. The predicted octanol–water partition coefficient (Wildman–Crippen LogP) is 2.96. The molecule has 0 spiro atoms. The van der Waals surface area contributed by atoms with Crippen LogP contribution in [0, 0.1) is 0 Å². The Hall–Kier alpha value is -1.81. The van der Waals surface area contributed by atoms with E-state index in [4.69, 9.17) is 5.73 Å². The van der Waals surface area contributed by atoms with Crippen LogP contribution in [0.1, 0.15) is 20.8 Å². The molecule has 1 aromatic carbocycles. The van der Waals surface area contributed by atoms with Crippen molar-refractivity contribution in [2.45, 2.75) is 26.8 Å². The number of anilines is 2.